The molecule has 1 aliphatic rings. The first kappa shape index (κ1) is 11.2. The minimum absolute atomic E-state index is 0.130. The summed E-state index contributed by atoms with van der Waals surface area (Å²) in [5.41, 5.74) is 6.28. The van der Waals surface area contributed by atoms with Gasteiger partial charge in [0.25, 0.3) is 0 Å². The van der Waals surface area contributed by atoms with Crippen molar-refractivity contribution in [1.82, 2.24) is 4.98 Å². The van der Waals surface area contributed by atoms with E-state index in [-0.39, 0.29) is 11.8 Å². The highest BCUT2D eigenvalue weighted by molar-refractivity contribution is 5.87. The number of hydrogen-bond donors (Lipinski definition) is 1. The van der Waals surface area contributed by atoms with Crippen molar-refractivity contribution in [2.75, 3.05) is 13.2 Å². The van der Waals surface area contributed by atoms with E-state index in [1.807, 2.05) is 19.1 Å². The molecular weight excluding hydrogens is 204 g/mol. The van der Waals surface area contributed by atoms with Gasteiger partial charge in [0.15, 0.2) is 0 Å². The molecule has 4 heteroatoms. The van der Waals surface area contributed by atoms with Crippen LogP contribution >= 0.6 is 0 Å². The van der Waals surface area contributed by atoms with Gasteiger partial charge in [0.05, 0.1) is 18.6 Å². The van der Waals surface area contributed by atoms with Gasteiger partial charge >= 0.3 is 0 Å². The van der Waals surface area contributed by atoms with Crippen molar-refractivity contribution in [3.8, 4) is 0 Å². The molecule has 1 saturated heterocycles. The molecule has 0 saturated carbocycles. The van der Waals surface area contributed by atoms with Gasteiger partial charge in [0, 0.05) is 24.9 Å². The Kier molecular flexibility index (Phi) is 3.03. The normalized spacial score (nSPS) is 29.2. The number of pyridine rings is 1. The maximum absolute atomic E-state index is 12.2. The Labute approximate surface area is 94.8 Å². The summed E-state index contributed by atoms with van der Waals surface area (Å²) >= 11 is 0. The Bertz CT molecular complexity index is 380. The summed E-state index contributed by atoms with van der Waals surface area (Å²) in [4.78, 5) is 16.2. The van der Waals surface area contributed by atoms with Gasteiger partial charge in [-0.3, -0.25) is 9.78 Å². The molecule has 0 aliphatic carbocycles. The van der Waals surface area contributed by atoms with Gasteiger partial charge < -0.3 is 10.5 Å². The molecule has 0 amide bonds. The van der Waals surface area contributed by atoms with E-state index in [2.05, 4.69) is 4.98 Å². The average molecular weight is 220 g/mol. The van der Waals surface area contributed by atoms with Crippen LogP contribution in [0.4, 0.5) is 0 Å². The third-order valence-corrected chi connectivity index (χ3v) is 3.24. The van der Waals surface area contributed by atoms with Gasteiger partial charge in [-0.2, -0.15) is 0 Å². The molecule has 0 radical (unpaired) electrons. The van der Waals surface area contributed by atoms with E-state index in [1.54, 1.807) is 12.4 Å². The van der Waals surface area contributed by atoms with Crippen LogP contribution in [0.5, 0.6) is 0 Å². The van der Waals surface area contributed by atoms with E-state index in [0.29, 0.717) is 19.6 Å². The van der Waals surface area contributed by atoms with E-state index in [1.165, 1.54) is 0 Å². The van der Waals surface area contributed by atoms with E-state index in [0.717, 1.165) is 5.56 Å². The second kappa shape index (κ2) is 4.31. The van der Waals surface area contributed by atoms with Crippen LogP contribution in [-0.4, -0.2) is 30.0 Å². The maximum Gasteiger partial charge on any atom is 0.147 e. The predicted octanol–water partition coefficient (Wildman–Crippen LogP) is 0.557. The van der Waals surface area contributed by atoms with Gasteiger partial charge in [-0.25, -0.2) is 0 Å². The summed E-state index contributed by atoms with van der Waals surface area (Å²) in [5.74, 6) is 0.130. The minimum atomic E-state index is -0.546. The van der Waals surface area contributed by atoms with Crippen LogP contribution in [0.25, 0.3) is 0 Å². The fraction of sp³-hybridized carbons (Fsp3) is 0.500. The molecular formula is C12H16N2O2. The monoisotopic (exact) mass is 220 g/mol. The van der Waals surface area contributed by atoms with Crippen molar-refractivity contribution in [2.24, 2.45) is 11.1 Å². The highest BCUT2D eigenvalue weighted by atomic mass is 16.5. The molecule has 1 fully saturated rings. The summed E-state index contributed by atoms with van der Waals surface area (Å²) in [6.45, 7) is 2.77. The SMILES string of the molecule is CC1(C(=O)Cc2cccnc2)COCC1N. The Hall–Kier alpha value is -1.26. The number of rotatable bonds is 3. The van der Waals surface area contributed by atoms with Crippen molar-refractivity contribution < 1.29 is 9.53 Å². The Balaban J connectivity index is 2.09. The molecule has 2 rings (SSSR count). The quantitative estimate of drug-likeness (QED) is 0.808. The number of carbonyl (C=O) groups excluding carboxylic acids is 1. The first-order valence-electron chi connectivity index (χ1n) is 5.38. The number of nitrogens with zero attached hydrogens (tertiary/aromatic N) is 1. The molecule has 2 unspecified atom stereocenters. The summed E-state index contributed by atoms with van der Waals surface area (Å²) < 4.78 is 5.27. The zero-order valence-electron chi connectivity index (χ0n) is 9.35. The Morgan fingerprint density at radius 3 is 3.12 bits per heavy atom. The largest absolute Gasteiger partial charge is 0.379 e. The number of ketones is 1. The molecule has 86 valence electrons. The Morgan fingerprint density at radius 1 is 1.75 bits per heavy atom. The highest BCUT2D eigenvalue weighted by Gasteiger charge is 2.43. The third-order valence-electron chi connectivity index (χ3n) is 3.24. The smallest absolute Gasteiger partial charge is 0.147 e. The Morgan fingerprint density at radius 2 is 2.56 bits per heavy atom. The van der Waals surface area contributed by atoms with Crippen LogP contribution in [0.15, 0.2) is 24.5 Å². The van der Waals surface area contributed by atoms with E-state index < -0.39 is 5.41 Å². The summed E-state index contributed by atoms with van der Waals surface area (Å²) in [5, 5.41) is 0. The second-order valence-electron chi connectivity index (χ2n) is 4.50. The summed E-state index contributed by atoms with van der Waals surface area (Å²) in [6, 6.07) is 3.53. The van der Waals surface area contributed by atoms with E-state index in [4.69, 9.17) is 10.5 Å². The fourth-order valence-electron chi connectivity index (χ4n) is 1.87. The lowest BCUT2D eigenvalue weighted by Crippen LogP contribution is -2.45. The zero-order chi connectivity index (χ0) is 11.6. The minimum Gasteiger partial charge on any atom is -0.379 e. The number of carbonyl (C=O) groups is 1. The van der Waals surface area contributed by atoms with E-state index in [9.17, 15) is 4.79 Å². The van der Waals surface area contributed by atoms with Gasteiger partial charge in [0.2, 0.25) is 0 Å². The topological polar surface area (TPSA) is 65.2 Å². The number of nitrogens with two attached hydrogens (primary N) is 1. The lowest BCUT2D eigenvalue weighted by Gasteiger charge is -2.24. The molecule has 16 heavy (non-hydrogen) atoms. The average Bonchev–Trinajstić information content (AvgIpc) is 2.62. The first-order valence-corrected chi connectivity index (χ1v) is 5.38. The second-order valence-corrected chi connectivity index (χ2v) is 4.50. The summed E-state index contributed by atoms with van der Waals surface area (Å²) in [6.07, 6.45) is 3.78. The van der Waals surface area contributed by atoms with Gasteiger partial charge in [-0.15, -0.1) is 0 Å². The lowest BCUT2D eigenvalue weighted by atomic mass is 9.79. The predicted molar refractivity (Wildman–Crippen MR) is 59.8 cm³/mol. The van der Waals surface area contributed by atoms with E-state index >= 15 is 0 Å². The van der Waals surface area contributed by atoms with Crippen molar-refractivity contribution in [1.29, 1.82) is 0 Å². The maximum atomic E-state index is 12.2. The molecule has 4 nitrogen and oxygen atoms in total. The standard InChI is InChI=1S/C12H16N2O2/c1-12(8-16-7-10(12)13)11(15)5-9-3-2-4-14-6-9/h2-4,6,10H,5,7-8,13H2,1H3. The summed E-state index contributed by atoms with van der Waals surface area (Å²) in [7, 11) is 0. The van der Waals surface area contributed by atoms with Crippen LogP contribution < -0.4 is 5.73 Å². The molecule has 1 aliphatic heterocycles. The molecule has 1 aromatic rings. The van der Waals surface area contributed by atoms with Crippen LogP contribution in [0.2, 0.25) is 0 Å². The molecule has 2 atom stereocenters. The third kappa shape index (κ3) is 1.99. The van der Waals surface area contributed by atoms with Crippen molar-refractivity contribution in [3.05, 3.63) is 30.1 Å². The molecule has 2 heterocycles. The van der Waals surface area contributed by atoms with Crippen molar-refractivity contribution in [3.63, 3.8) is 0 Å². The van der Waals surface area contributed by atoms with Crippen molar-refractivity contribution in [2.45, 2.75) is 19.4 Å². The highest BCUT2D eigenvalue weighted by Crippen LogP contribution is 2.29. The van der Waals surface area contributed by atoms with Crippen LogP contribution in [0.1, 0.15) is 12.5 Å². The molecule has 0 aromatic carbocycles. The number of aromatic nitrogens is 1. The number of hydrogen-bond acceptors (Lipinski definition) is 4. The fourth-order valence-corrected chi connectivity index (χ4v) is 1.87. The van der Waals surface area contributed by atoms with Gasteiger partial charge in [-0.05, 0) is 18.6 Å². The molecule has 0 bridgehead atoms. The first-order chi connectivity index (χ1) is 7.63. The molecule has 0 spiro atoms. The lowest BCUT2D eigenvalue weighted by molar-refractivity contribution is -0.127. The number of Topliss-reactive ketones (excluding diaryl/α,β-unsaturated/α-hetero) is 1. The van der Waals surface area contributed by atoms with Gasteiger partial charge in [0.1, 0.15) is 5.78 Å². The number of ether oxygens (including phenoxy) is 1. The molecule has 2 N–H and O–H groups in total. The van der Waals surface area contributed by atoms with Gasteiger partial charge in [-0.1, -0.05) is 6.07 Å². The van der Waals surface area contributed by atoms with Crippen molar-refractivity contribution >= 4 is 5.78 Å². The van der Waals surface area contributed by atoms with Crippen LogP contribution in [0, 0.1) is 5.41 Å². The van der Waals surface area contributed by atoms with Crippen LogP contribution in [0.3, 0.4) is 0 Å². The van der Waals surface area contributed by atoms with Crippen LogP contribution in [-0.2, 0) is 16.0 Å². The molecule has 1 aromatic heterocycles. The zero-order valence-corrected chi connectivity index (χ0v) is 9.35.